The molecule has 5 heteroatoms. The van der Waals surface area contributed by atoms with Gasteiger partial charge in [-0.1, -0.05) is 13.8 Å². The van der Waals surface area contributed by atoms with Gasteiger partial charge in [0.05, 0.1) is 7.11 Å². The van der Waals surface area contributed by atoms with E-state index in [2.05, 4.69) is 9.47 Å². The Morgan fingerprint density at radius 3 is 1.80 bits per heavy atom. The lowest BCUT2D eigenvalue weighted by Crippen LogP contribution is -2.41. The fraction of sp³-hybridized carbons (Fsp3) is 0.700. The summed E-state index contributed by atoms with van der Waals surface area (Å²) in [6, 6.07) is 0. The van der Waals surface area contributed by atoms with Gasteiger partial charge in [0, 0.05) is 6.92 Å². The fourth-order valence-corrected chi connectivity index (χ4v) is 1.33. The van der Waals surface area contributed by atoms with Crippen LogP contribution in [0.4, 0.5) is 0 Å². The van der Waals surface area contributed by atoms with E-state index in [1.54, 1.807) is 13.8 Å². The first kappa shape index (κ1) is 13.6. The summed E-state index contributed by atoms with van der Waals surface area (Å²) >= 11 is 0. The second-order valence-corrected chi connectivity index (χ2v) is 3.16. The normalized spacial score (nSPS) is 10.7. The van der Waals surface area contributed by atoms with Crippen LogP contribution in [0, 0.1) is 5.41 Å². The molecule has 86 valence electrons. The van der Waals surface area contributed by atoms with Gasteiger partial charge in [0.15, 0.2) is 5.41 Å². The highest BCUT2D eigenvalue weighted by Gasteiger charge is 2.46. The van der Waals surface area contributed by atoms with Gasteiger partial charge in [-0.3, -0.25) is 14.4 Å². The van der Waals surface area contributed by atoms with Crippen LogP contribution in [0.15, 0.2) is 0 Å². The molecule has 0 radical (unpaired) electrons. The quantitative estimate of drug-likeness (QED) is 0.519. The van der Waals surface area contributed by atoms with Gasteiger partial charge in [-0.25, -0.2) is 0 Å². The minimum Gasteiger partial charge on any atom is -0.468 e. The van der Waals surface area contributed by atoms with Crippen molar-refractivity contribution in [3.63, 3.8) is 0 Å². The summed E-state index contributed by atoms with van der Waals surface area (Å²) in [6.07, 6.45) is 0.477. The summed E-state index contributed by atoms with van der Waals surface area (Å²) in [6.45, 7) is 4.45. The van der Waals surface area contributed by atoms with E-state index in [1.165, 1.54) is 7.11 Å². The largest absolute Gasteiger partial charge is 0.468 e. The third kappa shape index (κ3) is 2.78. The van der Waals surface area contributed by atoms with Crippen LogP contribution in [0.2, 0.25) is 0 Å². The van der Waals surface area contributed by atoms with Crippen molar-refractivity contribution in [1.82, 2.24) is 0 Å². The van der Waals surface area contributed by atoms with Gasteiger partial charge in [-0.05, 0) is 12.8 Å². The Morgan fingerprint density at radius 2 is 1.53 bits per heavy atom. The molecule has 0 aliphatic carbocycles. The SMILES string of the molecule is CCC(CC)(C(=O)OC)C(=O)OC(C)=O. The van der Waals surface area contributed by atoms with Gasteiger partial charge in [0.25, 0.3) is 0 Å². The van der Waals surface area contributed by atoms with Crippen LogP contribution in [-0.2, 0) is 23.9 Å². The molecule has 0 unspecified atom stereocenters. The summed E-state index contributed by atoms with van der Waals surface area (Å²) in [4.78, 5) is 33.7. The summed E-state index contributed by atoms with van der Waals surface area (Å²) in [5.74, 6) is -2.24. The van der Waals surface area contributed by atoms with Crippen LogP contribution in [-0.4, -0.2) is 25.0 Å². The van der Waals surface area contributed by atoms with Gasteiger partial charge >= 0.3 is 17.9 Å². The molecule has 5 nitrogen and oxygen atoms in total. The van der Waals surface area contributed by atoms with Crippen molar-refractivity contribution in [2.24, 2.45) is 5.41 Å². The topological polar surface area (TPSA) is 69.7 Å². The molecule has 0 rings (SSSR count). The third-order valence-corrected chi connectivity index (χ3v) is 2.41. The smallest absolute Gasteiger partial charge is 0.331 e. The zero-order valence-corrected chi connectivity index (χ0v) is 9.46. The Balaban J connectivity index is 5.00. The summed E-state index contributed by atoms with van der Waals surface area (Å²) in [5.41, 5.74) is -1.36. The maximum absolute atomic E-state index is 11.6. The second-order valence-electron chi connectivity index (χ2n) is 3.16. The van der Waals surface area contributed by atoms with Crippen LogP contribution in [0.25, 0.3) is 0 Å². The highest BCUT2D eigenvalue weighted by atomic mass is 16.6. The molecule has 0 aromatic rings. The maximum Gasteiger partial charge on any atom is 0.331 e. The van der Waals surface area contributed by atoms with E-state index in [-0.39, 0.29) is 12.8 Å². The molecule has 0 amide bonds. The van der Waals surface area contributed by atoms with Crippen LogP contribution < -0.4 is 0 Å². The average Bonchev–Trinajstić information content (AvgIpc) is 2.19. The van der Waals surface area contributed by atoms with E-state index in [9.17, 15) is 14.4 Å². The van der Waals surface area contributed by atoms with Gasteiger partial charge in [-0.2, -0.15) is 0 Å². The number of carbonyl (C=O) groups is 3. The van der Waals surface area contributed by atoms with E-state index < -0.39 is 23.3 Å². The van der Waals surface area contributed by atoms with Crippen molar-refractivity contribution in [2.75, 3.05) is 7.11 Å². The molecule has 0 saturated carbocycles. The Morgan fingerprint density at radius 1 is 1.07 bits per heavy atom. The van der Waals surface area contributed by atoms with E-state index in [4.69, 9.17) is 0 Å². The van der Waals surface area contributed by atoms with Gasteiger partial charge in [0.2, 0.25) is 0 Å². The average molecular weight is 216 g/mol. The standard InChI is InChI=1S/C10H16O5/c1-5-10(6-2,8(12)14-4)9(13)15-7(3)11/h5-6H2,1-4H3. The molecule has 0 atom stereocenters. The Labute approximate surface area is 88.7 Å². The molecule has 0 aromatic carbocycles. The number of carbonyl (C=O) groups excluding carboxylic acids is 3. The van der Waals surface area contributed by atoms with Crippen LogP contribution in [0.1, 0.15) is 33.6 Å². The molecule has 0 saturated heterocycles. The highest BCUT2D eigenvalue weighted by molar-refractivity contribution is 6.03. The lowest BCUT2D eigenvalue weighted by Gasteiger charge is -2.24. The molecule has 0 N–H and O–H groups in total. The molecule has 0 aliphatic heterocycles. The molecular formula is C10H16O5. The Bertz CT molecular complexity index is 265. The highest BCUT2D eigenvalue weighted by Crippen LogP contribution is 2.29. The van der Waals surface area contributed by atoms with Crippen molar-refractivity contribution in [1.29, 1.82) is 0 Å². The third-order valence-electron chi connectivity index (χ3n) is 2.41. The number of hydrogen-bond acceptors (Lipinski definition) is 5. The fourth-order valence-electron chi connectivity index (χ4n) is 1.33. The van der Waals surface area contributed by atoms with Gasteiger partial charge in [0.1, 0.15) is 0 Å². The van der Waals surface area contributed by atoms with E-state index in [0.717, 1.165) is 6.92 Å². The first-order chi connectivity index (χ1) is 6.94. The molecule has 0 fully saturated rings. The van der Waals surface area contributed by atoms with Crippen LogP contribution >= 0.6 is 0 Å². The van der Waals surface area contributed by atoms with Crippen molar-refractivity contribution < 1.29 is 23.9 Å². The first-order valence-electron chi connectivity index (χ1n) is 4.75. The lowest BCUT2D eigenvalue weighted by atomic mass is 9.82. The molecule has 0 aromatic heterocycles. The summed E-state index contributed by atoms with van der Waals surface area (Å²) < 4.78 is 8.99. The second kappa shape index (κ2) is 5.48. The molecule has 0 heterocycles. The number of ether oxygens (including phenoxy) is 2. The molecule has 0 spiro atoms. The molecule has 15 heavy (non-hydrogen) atoms. The summed E-state index contributed by atoms with van der Waals surface area (Å²) in [7, 11) is 1.20. The predicted molar refractivity (Wildman–Crippen MR) is 51.8 cm³/mol. The number of hydrogen-bond donors (Lipinski definition) is 0. The van der Waals surface area contributed by atoms with E-state index in [0.29, 0.717) is 0 Å². The zero-order chi connectivity index (χ0) is 12.1. The van der Waals surface area contributed by atoms with Crippen LogP contribution in [0.5, 0.6) is 0 Å². The number of esters is 3. The van der Waals surface area contributed by atoms with Gasteiger partial charge < -0.3 is 9.47 Å². The van der Waals surface area contributed by atoms with Crippen LogP contribution in [0.3, 0.4) is 0 Å². The first-order valence-corrected chi connectivity index (χ1v) is 4.75. The monoisotopic (exact) mass is 216 g/mol. The minimum atomic E-state index is -1.36. The Kier molecular flexibility index (Phi) is 4.97. The van der Waals surface area contributed by atoms with E-state index in [1.807, 2.05) is 0 Å². The minimum absolute atomic E-state index is 0.238. The van der Waals surface area contributed by atoms with E-state index >= 15 is 0 Å². The molecule has 0 aliphatic rings. The van der Waals surface area contributed by atoms with Gasteiger partial charge in [-0.15, -0.1) is 0 Å². The zero-order valence-electron chi connectivity index (χ0n) is 9.46. The van der Waals surface area contributed by atoms with Crippen molar-refractivity contribution in [3.05, 3.63) is 0 Å². The van der Waals surface area contributed by atoms with Crippen molar-refractivity contribution >= 4 is 17.9 Å². The maximum atomic E-state index is 11.6. The predicted octanol–water partition coefficient (Wildman–Crippen LogP) is 1.06. The molecular weight excluding hydrogens is 200 g/mol. The lowest BCUT2D eigenvalue weighted by molar-refractivity contribution is -0.175. The Hall–Kier alpha value is -1.39. The number of rotatable bonds is 4. The van der Waals surface area contributed by atoms with Crippen molar-refractivity contribution in [2.45, 2.75) is 33.6 Å². The number of methoxy groups -OCH3 is 1. The summed E-state index contributed by atoms with van der Waals surface area (Å²) in [5, 5.41) is 0. The molecule has 0 bridgehead atoms. The van der Waals surface area contributed by atoms with Crippen molar-refractivity contribution in [3.8, 4) is 0 Å².